The molecule has 1 amide bonds. The Labute approximate surface area is 217 Å². The van der Waals surface area contributed by atoms with Gasteiger partial charge in [0.1, 0.15) is 11.5 Å². The van der Waals surface area contributed by atoms with Crippen molar-refractivity contribution in [1.29, 1.82) is 0 Å². The van der Waals surface area contributed by atoms with Crippen LogP contribution in [0, 0.1) is 6.92 Å². The number of aliphatic hydroxyl groups is 1. The molecule has 4 aromatic rings. The highest BCUT2D eigenvalue weighted by atomic mass is 35.5. The molecule has 1 aliphatic rings. The fraction of sp³-hybridized carbons (Fsp3) is 0.179. The van der Waals surface area contributed by atoms with Gasteiger partial charge in [0.05, 0.1) is 28.4 Å². The van der Waals surface area contributed by atoms with Crippen LogP contribution in [0.2, 0.25) is 5.02 Å². The number of carbonyl (C=O) groups excluding carboxylic acids is 2. The predicted molar refractivity (Wildman–Crippen MR) is 143 cm³/mol. The minimum atomic E-state index is -0.871. The van der Waals surface area contributed by atoms with Gasteiger partial charge < -0.3 is 9.84 Å². The zero-order chi connectivity index (χ0) is 25.4. The van der Waals surface area contributed by atoms with Gasteiger partial charge in [0.25, 0.3) is 5.78 Å². The second kappa shape index (κ2) is 9.76. The quantitative estimate of drug-likeness (QED) is 0.175. The number of ether oxygens (including phenoxy) is 1. The van der Waals surface area contributed by atoms with Crippen LogP contribution >= 0.6 is 22.9 Å². The van der Waals surface area contributed by atoms with E-state index in [-0.39, 0.29) is 11.3 Å². The summed E-state index contributed by atoms with van der Waals surface area (Å²) in [4.78, 5) is 32.8. The molecule has 1 unspecified atom stereocenters. The Kier molecular flexibility index (Phi) is 6.51. The maximum Gasteiger partial charge on any atom is 0.301 e. The average molecular weight is 519 g/mol. The predicted octanol–water partition coefficient (Wildman–Crippen LogP) is 6.67. The third kappa shape index (κ3) is 4.36. The highest BCUT2D eigenvalue weighted by Gasteiger charge is 2.48. The van der Waals surface area contributed by atoms with Gasteiger partial charge in [-0.3, -0.25) is 14.5 Å². The number of amides is 1. The number of halogens is 1. The highest BCUT2D eigenvalue weighted by molar-refractivity contribution is 7.22. The van der Waals surface area contributed by atoms with E-state index in [1.54, 1.807) is 48.5 Å². The van der Waals surface area contributed by atoms with Gasteiger partial charge in [-0.05, 0) is 60.9 Å². The van der Waals surface area contributed by atoms with Crippen molar-refractivity contribution in [3.8, 4) is 5.75 Å². The van der Waals surface area contributed by atoms with Gasteiger partial charge >= 0.3 is 5.91 Å². The van der Waals surface area contributed by atoms with E-state index in [9.17, 15) is 14.7 Å². The molecule has 0 aliphatic carbocycles. The molecule has 182 valence electrons. The largest absolute Gasteiger partial charge is 0.507 e. The molecule has 1 aliphatic heterocycles. The van der Waals surface area contributed by atoms with E-state index in [2.05, 4.69) is 4.98 Å². The number of ketones is 1. The van der Waals surface area contributed by atoms with Crippen molar-refractivity contribution in [2.75, 3.05) is 11.5 Å². The molecule has 0 bridgehead atoms. The molecule has 8 heteroatoms. The number of benzene rings is 3. The highest BCUT2D eigenvalue weighted by Crippen LogP contribution is 2.44. The first kappa shape index (κ1) is 24.0. The number of hydrogen-bond donors (Lipinski definition) is 1. The number of hydrogen-bond acceptors (Lipinski definition) is 6. The van der Waals surface area contributed by atoms with Crippen molar-refractivity contribution < 1.29 is 19.4 Å². The second-order valence-corrected chi connectivity index (χ2v) is 10.0. The van der Waals surface area contributed by atoms with Gasteiger partial charge in [-0.1, -0.05) is 60.2 Å². The standard InChI is InChI=1S/C28H23ClN2O4S/c1-3-13-35-20-6-4-5-18(15-20)25(32)23-24(17-8-10-19(29)11-9-17)31(27(34)26(23)33)28-30-21-12-7-16(2)14-22(21)36-28/h4-12,14-15,24,32H,3,13H2,1-2H3. The van der Waals surface area contributed by atoms with Gasteiger partial charge in [-0.2, -0.15) is 0 Å². The van der Waals surface area contributed by atoms with Crippen LogP contribution in [0.5, 0.6) is 5.75 Å². The molecule has 1 fully saturated rings. The number of fused-ring (bicyclic) bond motifs is 1. The van der Waals surface area contributed by atoms with Crippen molar-refractivity contribution in [1.82, 2.24) is 4.98 Å². The Bertz CT molecular complexity index is 1510. The van der Waals surface area contributed by atoms with Gasteiger partial charge in [0.15, 0.2) is 5.13 Å². The van der Waals surface area contributed by atoms with E-state index >= 15 is 0 Å². The molecule has 1 saturated heterocycles. The number of carbonyl (C=O) groups is 2. The average Bonchev–Trinajstić information content (AvgIpc) is 3.40. The van der Waals surface area contributed by atoms with Crippen LogP contribution in [0.15, 0.2) is 72.3 Å². The number of nitrogens with zero attached hydrogens (tertiary/aromatic N) is 2. The third-order valence-corrected chi connectivity index (χ3v) is 7.22. The van der Waals surface area contributed by atoms with Crippen LogP contribution in [0.1, 0.15) is 36.1 Å². The lowest BCUT2D eigenvalue weighted by Gasteiger charge is -2.23. The van der Waals surface area contributed by atoms with E-state index in [1.807, 2.05) is 32.0 Å². The minimum Gasteiger partial charge on any atom is -0.507 e. The van der Waals surface area contributed by atoms with E-state index in [0.29, 0.717) is 33.6 Å². The van der Waals surface area contributed by atoms with Crippen molar-refractivity contribution in [3.63, 3.8) is 0 Å². The van der Waals surface area contributed by atoms with Gasteiger partial charge in [-0.25, -0.2) is 4.98 Å². The van der Waals surface area contributed by atoms with E-state index < -0.39 is 17.7 Å². The van der Waals surface area contributed by atoms with Crippen LogP contribution in [-0.2, 0) is 9.59 Å². The van der Waals surface area contributed by atoms with Crippen molar-refractivity contribution in [2.45, 2.75) is 26.3 Å². The Hall–Kier alpha value is -3.68. The first-order chi connectivity index (χ1) is 17.4. The molecule has 3 aromatic carbocycles. The Balaban J connectivity index is 1.68. The Morgan fingerprint density at radius 2 is 1.89 bits per heavy atom. The summed E-state index contributed by atoms with van der Waals surface area (Å²) in [5.41, 5.74) is 2.82. The van der Waals surface area contributed by atoms with Crippen molar-refractivity contribution >= 4 is 55.7 Å². The lowest BCUT2D eigenvalue weighted by Crippen LogP contribution is -2.29. The number of rotatable bonds is 6. The first-order valence-electron chi connectivity index (χ1n) is 11.5. The number of aliphatic hydroxyl groups excluding tert-OH is 1. The van der Waals surface area contributed by atoms with Gasteiger partial charge in [0.2, 0.25) is 0 Å². The summed E-state index contributed by atoms with van der Waals surface area (Å²) < 4.78 is 6.60. The monoisotopic (exact) mass is 518 g/mol. The number of aromatic nitrogens is 1. The smallest absolute Gasteiger partial charge is 0.301 e. The molecule has 1 N–H and O–H groups in total. The number of anilines is 1. The van der Waals surface area contributed by atoms with Crippen LogP contribution in [0.25, 0.3) is 16.0 Å². The maximum atomic E-state index is 13.4. The molecule has 0 spiro atoms. The molecular formula is C28H23ClN2O4S. The Morgan fingerprint density at radius 3 is 2.64 bits per heavy atom. The number of Topliss-reactive ketones (excluding diaryl/α,β-unsaturated/α-hetero) is 1. The normalized spacial score (nSPS) is 17.2. The summed E-state index contributed by atoms with van der Waals surface area (Å²) in [5.74, 6) is -1.22. The fourth-order valence-electron chi connectivity index (χ4n) is 4.22. The van der Waals surface area contributed by atoms with E-state index in [4.69, 9.17) is 16.3 Å². The zero-order valence-corrected chi connectivity index (χ0v) is 21.3. The number of aryl methyl sites for hydroxylation is 1. The topological polar surface area (TPSA) is 79.7 Å². The maximum absolute atomic E-state index is 13.4. The molecule has 1 aromatic heterocycles. The lowest BCUT2D eigenvalue weighted by atomic mass is 9.95. The van der Waals surface area contributed by atoms with E-state index in [1.165, 1.54) is 16.2 Å². The molecule has 0 saturated carbocycles. The fourth-order valence-corrected chi connectivity index (χ4v) is 5.44. The number of thiazole rings is 1. The van der Waals surface area contributed by atoms with Crippen LogP contribution in [0.3, 0.4) is 0 Å². The van der Waals surface area contributed by atoms with E-state index in [0.717, 1.165) is 22.2 Å². The molecule has 5 rings (SSSR count). The SMILES string of the molecule is CCCOc1cccc(C(O)=C2C(=O)C(=O)N(c3nc4ccc(C)cc4s3)C2c2ccc(Cl)cc2)c1. The second-order valence-electron chi connectivity index (χ2n) is 8.56. The molecule has 2 heterocycles. The molecular weight excluding hydrogens is 496 g/mol. The zero-order valence-electron chi connectivity index (χ0n) is 19.7. The summed E-state index contributed by atoms with van der Waals surface area (Å²) >= 11 is 7.45. The van der Waals surface area contributed by atoms with Crippen LogP contribution in [-0.4, -0.2) is 28.4 Å². The van der Waals surface area contributed by atoms with Crippen molar-refractivity contribution in [3.05, 3.63) is 94.0 Å². The molecule has 0 radical (unpaired) electrons. The minimum absolute atomic E-state index is 0.00889. The van der Waals surface area contributed by atoms with Crippen LogP contribution < -0.4 is 9.64 Å². The summed E-state index contributed by atoms with van der Waals surface area (Å²) in [6.45, 7) is 4.51. The summed E-state index contributed by atoms with van der Waals surface area (Å²) in [5, 5.41) is 12.3. The summed E-state index contributed by atoms with van der Waals surface area (Å²) in [6, 6.07) is 18.7. The van der Waals surface area contributed by atoms with Gasteiger partial charge in [-0.15, -0.1) is 0 Å². The molecule has 1 atom stereocenters. The summed E-state index contributed by atoms with van der Waals surface area (Å²) in [7, 11) is 0. The Morgan fingerprint density at radius 1 is 1.11 bits per heavy atom. The van der Waals surface area contributed by atoms with Gasteiger partial charge in [0, 0.05) is 10.6 Å². The summed E-state index contributed by atoms with van der Waals surface area (Å²) in [6.07, 6.45) is 0.833. The van der Waals surface area contributed by atoms with Crippen LogP contribution in [0.4, 0.5) is 5.13 Å². The molecule has 6 nitrogen and oxygen atoms in total. The lowest BCUT2D eigenvalue weighted by molar-refractivity contribution is -0.132. The third-order valence-electron chi connectivity index (χ3n) is 5.95. The van der Waals surface area contributed by atoms with Crippen molar-refractivity contribution in [2.24, 2.45) is 0 Å². The molecule has 36 heavy (non-hydrogen) atoms. The first-order valence-corrected chi connectivity index (χ1v) is 12.7.